The second-order valence-electron chi connectivity index (χ2n) is 4.53. The molecule has 0 saturated heterocycles. The van der Waals surface area contributed by atoms with E-state index in [1.54, 1.807) is 0 Å². The lowest BCUT2D eigenvalue weighted by Crippen LogP contribution is -2.31. The second kappa shape index (κ2) is 6.33. The van der Waals surface area contributed by atoms with Crippen molar-refractivity contribution in [3.63, 3.8) is 0 Å². The number of carboxylic acid groups (broad SMARTS) is 1. The van der Waals surface area contributed by atoms with Crippen molar-refractivity contribution in [3.8, 4) is 0 Å². The van der Waals surface area contributed by atoms with Crippen LogP contribution < -0.4 is 5.32 Å². The molecule has 2 N–H and O–H groups in total. The van der Waals surface area contributed by atoms with Crippen molar-refractivity contribution >= 4 is 11.9 Å². The van der Waals surface area contributed by atoms with Crippen molar-refractivity contribution in [1.29, 1.82) is 0 Å². The maximum absolute atomic E-state index is 12.0. The quantitative estimate of drug-likeness (QED) is 0.749. The third-order valence-corrected chi connectivity index (χ3v) is 3.22. The molecule has 0 fully saturated rings. The number of aliphatic carboxylic acids is 1. The Morgan fingerprint density at radius 1 is 1.37 bits per heavy atom. The van der Waals surface area contributed by atoms with E-state index in [4.69, 9.17) is 9.84 Å². The standard InChI is InChI=1S/C14H17NO4/c16-13(17)9-19-8-7-15-14(18)12-6-5-10-3-1-2-4-11(10)12/h1-4,12H,5-9H2,(H,15,18)(H,16,17). The van der Waals surface area contributed by atoms with E-state index in [-0.39, 0.29) is 25.0 Å². The van der Waals surface area contributed by atoms with Crippen molar-refractivity contribution in [1.82, 2.24) is 5.32 Å². The van der Waals surface area contributed by atoms with Crippen LogP contribution in [0.25, 0.3) is 0 Å². The molecule has 0 bridgehead atoms. The van der Waals surface area contributed by atoms with Gasteiger partial charge in [-0.05, 0) is 24.0 Å². The number of ether oxygens (including phenoxy) is 1. The average Bonchev–Trinajstić information content (AvgIpc) is 2.81. The van der Waals surface area contributed by atoms with Gasteiger partial charge in [-0.25, -0.2) is 4.79 Å². The molecule has 1 amide bonds. The zero-order valence-electron chi connectivity index (χ0n) is 10.6. The SMILES string of the molecule is O=C(O)COCCNC(=O)C1CCc2ccccc21. The smallest absolute Gasteiger partial charge is 0.329 e. The van der Waals surface area contributed by atoms with E-state index in [2.05, 4.69) is 11.4 Å². The molecule has 0 aliphatic heterocycles. The summed E-state index contributed by atoms with van der Waals surface area (Å²) < 4.78 is 4.86. The summed E-state index contributed by atoms with van der Waals surface area (Å²) in [6.07, 6.45) is 1.77. The number of aryl methyl sites for hydroxylation is 1. The number of amides is 1. The van der Waals surface area contributed by atoms with Crippen LogP contribution in [0.1, 0.15) is 23.5 Å². The number of fused-ring (bicyclic) bond motifs is 1. The van der Waals surface area contributed by atoms with Gasteiger partial charge in [0.05, 0.1) is 12.5 Å². The average molecular weight is 263 g/mol. The minimum Gasteiger partial charge on any atom is -0.480 e. The van der Waals surface area contributed by atoms with Gasteiger partial charge in [0.1, 0.15) is 6.61 Å². The monoisotopic (exact) mass is 263 g/mol. The highest BCUT2D eigenvalue weighted by Crippen LogP contribution is 2.32. The number of rotatable bonds is 6. The molecule has 1 aromatic rings. The number of carbonyl (C=O) groups is 2. The summed E-state index contributed by atoms with van der Waals surface area (Å²) in [5, 5.41) is 11.2. The Hall–Kier alpha value is -1.88. The highest BCUT2D eigenvalue weighted by Gasteiger charge is 2.27. The number of hydrogen-bond donors (Lipinski definition) is 2. The van der Waals surface area contributed by atoms with Gasteiger partial charge in [0, 0.05) is 6.54 Å². The Morgan fingerprint density at radius 2 is 2.16 bits per heavy atom. The highest BCUT2D eigenvalue weighted by molar-refractivity contribution is 5.84. The van der Waals surface area contributed by atoms with Gasteiger partial charge in [-0.15, -0.1) is 0 Å². The van der Waals surface area contributed by atoms with Crippen molar-refractivity contribution < 1.29 is 19.4 Å². The summed E-state index contributed by atoms with van der Waals surface area (Å²) in [6.45, 7) is 0.222. The first-order valence-electron chi connectivity index (χ1n) is 6.33. The Bertz CT molecular complexity index is 472. The molecule has 1 aliphatic rings. The van der Waals surface area contributed by atoms with E-state index < -0.39 is 5.97 Å². The number of carboxylic acids is 1. The van der Waals surface area contributed by atoms with Crippen molar-refractivity contribution in [2.75, 3.05) is 19.8 Å². The van der Waals surface area contributed by atoms with E-state index >= 15 is 0 Å². The van der Waals surface area contributed by atoms with Gasteiger partial charge < -0.3 is 15.2 Å². The molecular weight excluding hydrogens is 246 g/mol. The minimum absolute atomic E-state index is 0.0103. The number of nitrogens with one attached hydrogen (secondary N) is 1. The molecular formula is C14H17NO4. The molecule has 1 atom stereocenters. The Morgan fingerprint density at radius 3 is 2.95 bits per heavy atom. The van der Waals surface area contributed by atoms with Crippen molar-refractivity contribution in [3.05, 3.63) is 35.4 Å². The fourth-order valence-electron chi connectivity index (χ4n) is 2.36. The molecule has 1 unspecified atom stereocenters. The molecule has 1 aliphatic carbocycles. The maximum Gasteiger partial charge on any atom is 0.329 e. The lowest BCUT2D eigenvalue weighted by Gasteiger charge is -2.12. The van der Waals surface area contributed by atoms with Crippen LogP contribution in [0.4, 0.5) is 0 Å². The van der Waals surface area contributed by atoms with Gasteiger partial charge in [-0.2, -0.15) is 0 Å². The number of benzene rings is 1. The first-order valence-corrected chi connectivity index (χ1v) is 6.33. The summed E-state index contributed by atoms with van der Waals surface area (Å²) in [4.78, 5) is 22.3. The molecule has 102 valence electrons. The van der Waals surface area contributed by atoms with Gasteiger partial charge >= 0.3 is 5.97 Å². The van der Waals surface area contributed by atoms with Gasteiger partial charge in [-0.3, -0.25) is 4.79 Å². The Balaban J connectivity index is 1.77. The zero-order chi connectivity index (χ0) is 13.7. The molecule has 0 spiro atoms. The zero-order valence-corrected chi connectivity index (χ0v) is 10.6. The molecule has 5 heteroatoms. The fourth-order valence-corrected chi connectivity index (χ4v) is 2.36. The highest BCUT2D eigenvalue weighted by atomic mass is 16.5. The maximum atomic E-state index is 12.0. The molecule has 1 aromatic carbocycles. The predicted octanol–water partition coefficient (Wildman–Crippen LogP) is 0.934. The van der Waals surface area contributed by atoms with E-state index in [0.29, 0.717) is 6.54 Å². The van der Waals surface area contributed by atoms with Crippen LogP contribution in [0, 0.1) is 0 Å². The van der Waals surface area contributed by atoms with E-state index in [9.17, 15) is 9.59 Å². The molecule has 19 heavy (non-hydrogen) atoms. The van der Waals surface area contributed by atoms with Crippen LogP contribution in [0.2, 0.25) is 0 Å². The molecule has 0 saturated carbocycles. The summed E-state index contributed by atoms with van der Waals surface area (Å²) >= 11 is 0. The molecule has 5 nitrogen and oxygen atoms in total. The topological polar surface area (TPSA) is 75.6 Å². The van der Waals surface area contributed by atoms with Gasteiger partial charge in [-0.1, -0.05) is 24.3 Å². The third-order valence-electron chi connectivity index (χ3n) is 3.22. The molecule has 0 aromatic heterocycles. The molecule has 2 rings (SSSR count). The van der Waals surface area contributed by atoms with Crippen LogP contribution in [0.3, 0.4) is 0 Å². The first-order chi connectivity index (χ1) is 9.18. The van der Waals surface area contributed by atoms with E-state index in [0.717, 1.165) is 18.4 Å². The normalized spacial score (nSPS) is 16.9. The van der Waals surface area contributed by atoms with Gasteiger partial charge in [0.25, 0.3) is 0 Å². The lowest BCUT2D eigenvalue weighted by atomic mass is 10.0. The Labute approximate surface area is 111 Å². The molecule has 0 radical (unpaired) electrons. The van der Waals surface area contributed by atoms with E-state index in [1.807, 2.05) is 18.2 Å². The van der Waals surface area contributed by atoms with E-state index in [1.165, 1.54) is 5.56 Å². The fraction of sp³-hybridized carbons (Fsp3) is 0.429. The summed E-state index contributed by atoms with van der Waals surface area (Å²) in [6, 6.07) is 7.98. The van der Waals surface area contributed by atoms with Gasteiger partial charge in [0.2, 0.25) is 5.91 Å². The van der Waals surface area contributed by atoms with Crippen LogP contribution >= 0.6 is 0 Å². The third kappa shape index (κ3) is 3.54. The van der Waals surface area contributed by atoms with Crippen molar-refractivity contribution in [2.45, 2.75) is 18.8 Å². The van der Waals surface area contributed by atoms with Gasteiger partial charge in [0.15, 0.2) is 0 Å². The minimum atomic E-state index is -1.00. The summed E-state index contributed by atoms with van der Waals surface area (Å²) in [5.41, 5.74) is 2.34. The summed E-state index contributed by atoms with van der Waals surface area (Å²) in [7, 11) is 0. The lowest BCUT2D eigenvalue weighted by molar-refractivity contribution is -0.142. The second-order valence-corrected chi connectivity index (χ2v) is 4.53. The number of hydrogen-bond acceptors (Lipinski definition) is 3. The largest absolute Gasteiger partial charge is 0.480 e. The number of carbonyl (C=O) groups excluding carboxylic acids is 1. The van der Waals surface area contributed by atoms with Crippen LogP contribution in [0.15, 0.2) is 24.3 Å². The van der Waals surface area contributed by atoms with Crippen molar-refractivity contribution in [2.24, 2.45) is 0 Å². The summed E-state index contributed by atoms with van der Waals surface area (Å²) in [5.74, 6) is -1.10. The Kier molecular flexibility index (Phi) is 4.52. The van der Waals surface area contributed by atoms with Crippen LogP contribution in [0.5, 0.6) is 0 Å². The van der Waals surface area contributed by atoms with Crippen LogP contribution in [-0.2, 0) is 20.7 Å². The molecule has 0 heterocycles. The first kappa shape index (κ1) is 13.5. The predicted molar refractivity (Wildman–Crippen MR) is 69.0 cm³/mol. The van der Waals surface area contributed by atoms with Crippen LogP contribution in [-0.4, -0.2) is 36.7 Å².